The van der Waals surface area contributed by atoms with Crippen molar-refractivity contribution in [3.8, 4) is 6.07 Å². The second kappa shape index (κ2) is 5.11. The van der Waals surface area contributed by atoms with Gasteiger partial charge in [0, 0.05) is 11.8 Å². The first-order chi connectivity index (χ1) is 8.16. The number of rotatable bonds is 6. The van der Waals surface area contributed by atoms with E-state index in [1.807, 2.05) is 0 Å². The second-order valence-corrected chi connectivity index (χ2v) is 5.67. The highest BCUT2D eigenvalue weighted by Gasteiger charge is 2.46. The highest BCUT2D eigenvalue weighted by molar-refractivity contribution is 7.99. The van der Waals surface area contributed by atoms with Gasteiger partial charge in [-0.3, -0.25) is 5.32 Å². The van der Waals surface area contributed by atoms with E-state index in [9.17, 15) is 5.26 Å². The van der Waals surface area contributed by atoms with Crippen LogP contribution in [-0.4, -0.2) is 22.3 Å². The molecular weight excluding hydrogens is 234 g/mol. The SMILES string of the molecule is CC(C)NC(C#N)(CSc1ncco1)C1CC1. The third-order valence-corrected chi connectivity index (χ3v) is 3.90. The normalized spacial score (nSPS) is 18.9. The molecule has 5 heteroatoms. The molecule has 1 heterocycles. The van der Waals surface area contributed by atoms with Crippen LogP contribution >= 0.6 is 11.8 Å². The first-order valence-corrected chi connectivity index (χ1v) is 6.86. The molecule has 0 spiro atoms. The lowest BCUT2D eigenvalue weighted by molar-refractivity contribution is 0.368. The molecule has 92 valence electrons. The van der Waals surface area contributed by atoms with Crippen LogP contribution in [0.5, 0.6) is 0 Å². The molecule has 0 bridgehead atoms. The molecule has 1 aliphatic rings. The number of thioether (sulfide) groups is 1. The van der Waals surface area contributed by atoms with E-state index in [-0.39, 0.29) is 0 Å². The van der Waals surface area contributed by atoms with Crippen LogP contribution in [0.1, 0.15) is 26.7 Å². The van der Waals surface area contributed by atoms with Gasteiger partial charge in [-0.1, -0.05) is 11.8 Å². The Morgan fingerprint density at radius 1 is 1.71 bits per heavy atom. The second-order valence-electron chi connectivity index (χ2n) is 4.74. The first-order valence-electron chi connectivity index (χ1n) is 5.87. The smallest absolute Gasteiger partial charge is 0.255 e. The summed E-state index contributed by atoms with van der Waals surface area (Å²) in [6, 6.07) is 2.78. The molecule has 2 rings (SSSR count). The Balaban J connectivity index is 2.02. The van der Waals surface area contributed by atoms with Crippen molar-refractivity contribution in [1.82, 2.24) is 10.3 Å². The number of aromatic nitrogens is 1. The Kier molecular flexibility index (Phi) is 3.75. The van der Waals surface area contributed by atoms with Crippen LogP contribution in [0.4, 0.5) is 0 Å². The standard InChI is InChI=1S/C12H17N3OS/c1-9(2)15-12(7-13,10-3-4-10)8-17-11-14-5-6-16-11/h5-6,9-10,15H,3-4,8H2,1-2H3. The van der Waals surface area contributed by atoms with Gasteiger partial charge in [0.15, 0.2) is 0 Å². The van der Waals surface area contributed by atoms with E-state index in [0.717, 1.165) is 12.8 Å². The van der Waals surface area contributed by atoms with Crippen LogP contribution < -0.4 is 5.32 Å². The predicted octanol–water partition coefficient (Wildman–Crippen LogP) is 2.44. The largest absolute Gasteiger partial charge is 0.440 e. The van der Waals surface area contributed by atoms with Gasteiger partial charge in [-0.15, -0.1) is 0 Å². The summed E-state index contributed by atoms with van der Waals surface area (Å²) < 4.78 is 5.19. The molecular formula is C12H17N3OS. The Hall–Kier alpha value is -0.990. The van der Waals surface area contributed by atoms with Gasteiger partial charge < -0.3 is 4.42 Å². The number of oxazole rings is 1. The molecule has 1 unspecified atom stereocenters. The molecule has 0 amide bonds. The van der Waals surface area contributed by atoms with Crippen molar-refractivity contribution in [2.45, 2.75) is 43.5 Å². The zero-order valence-corrected chi connectivity index (χ0v) is 11.0. The summed E-state index contributed by atoms with van der Waals surface area (Å²) in [5.74, 6) is 1.16. The number of hydrogen-bond donors (Lipinski definition) is 1. The molecule has 0 saturated heterocycles. The Labute approximate surface area is 106 Å². The lowest BCUT2D eigenvalue weighted by atomic mass is 9.96. The van der Waals surface area contributed by atoms with Crippen LogP contribution in [0.3, 0.4) is 0 Å². The molecule has 1 atom stereocenters. The summed E-state index contributed by atoms with van der Waals surface area (Å²) in [6.07, 6.45) is 5.46. The van der Waals surface area contributed by atoms with E-state index in [2.05, 4.69) is 30.2 Å². The Bertz CT molecular complexity index is 394. The summed E-state index contributed by atoms with van der Waals surface area (Å²) in [7, 11) is 0. The molecule has 0 radical (unpaired) electrons. The van der Waals surface area contributed by atoms with Gasteiger partial charge in [0.25, 0.3) is 5.22 Å². The minimum absolute atomic E-state index is 0.306. The van der Waals surface area contributed by atoms with Crippen LogP contribution in [0, 0.1) is 17.2 Å². The third kappa shape index (κ3) is 3.02. The molecule has 0 aliphatic heterocycles. The molecule has 0 aromatic carbocycles. The average Bonchev–Trinajstić information content (AvgIpc) is 3.02. The van der Waals surface area contributed by atoms with Crippen LogP contribution in [0.2, 0.25) is 0 Å². The number of hydrogen-bond acceptors (Lipinski definition) is 5. The zero-order valence-electron chi connectivity index (χ0n) is 10.1. The highest BCUT2D eigenvalue weighted by Crippen LogP contribution is 2.42. The molecule has 1 aliphatic carbocycles. The lowest BCUT2D eigenvalue weighted by Gasteiger charge is -2.29. The van der Waals surface area contributed by atoms with Crippen LogP contribution in [-0.2, 0) is 0 Å². The van der Waals surface area contributed by atoms with Gasteiger partial charge in [0.2, 0.25) is 0 Å². The molecule has 4 nitrogen and oxygen atoms in total. The fraction of sp³-hybridized carbons (Fsp3) is 0.667. The maximum atomic E-state index is 9.49. The van der Waals surface area contributed by atoms with Crippen molar-refractivity contribution in [3.05, 3.63) is 12.5 Å². The first kappa shape index (κ1) is 12.5. The summed E-state index contributed by atoms with van der Waals surface area (Å²) in [5.41, 5.74) is -0.437. The average molecular weight is 251 g/mol. The molecule has 1 fully saturated rings. The molecule has 1 saturated carbocycles. The zero-order chi connectivity index (χ0) is 12.3. The van der Waals surface area contributed by atoms with E-state index in [0.29, 0.717) is 22.9 Å². The monoisotopic (exact) mass is 251 g/mol. The fourth-order valence-electron chi connectivity index (χ4n) is 1.98. The number of nitriles is 1. The van der Waals surface area contributed by atoms with Crippen molar-refractivity contribution < 1.29 is 4.42 Å². The topological polar surface area (TPSA) is 61.9 Å². The Morgan fingerprint density at radius 2 is 2.47 bits per heavy atom. The molecule has 1 aromatic rings. The van der Waals surface area contributed by atoms with E-state index >= 15 is 0 Å². The molecule has 17 heavy (non-hydrogen) atoms. The molecule has 1 aromatic heterocycles. The van der Waals surface area contributed by atoms with E-state index in [4.69, 9.17) is 4.42 Å². The third-order valence-electron chi connectivity index (χ3n) is 2.85. The predicted molar refractivity (Wildman–Crippen MR) is 66.6 cm³/mol. The van der Waals surface area contributed by atoms with Gasteiger partial charge >= 0.3 is 0 Å². The highest BCUT2D eigenvalue weighted by atomic mass is 32.2. The van der Waals surface area contributed by atoms with Crippen molar-refractivity contribution in [2.75, 3.05) is 5.75 Å². The molecule has 1 N–H and O–H groups in total. The summed E-state index contributed by atoms with van der Waals surface area (Å²) in [5, 5.41) is 13.5. The van der Waals surface area contributed by atoms with Crippen molar-refractivity contribution in [1.29, 1.82) is 5.26 Å². The summed E-state index contributed by atoms with van der Waals surface area (Å²) >= 11 is 1.51. The van der Waals surface area contributed by atoms with Crippen LogP contribution in [0.15, 0.2) is 22.1 Å². The van der Waals surface area contributed by atoms with Crippen molar-refractivity contribution in [2.24, 2.45) is 5.92 Å². The minimum atomic E-state index is -0.437. The van der Waals surface area contributed by atoms with Crippen molar-refractivity contribution >= 4 is 11.8 Å². The Morgan fingerprint density at radius 3 is 2.94 bits per heavy atom. The number of nitrogens with one attached hydrogen (secondary N) is 1. The van der Waals surface area contributed by atoms with Gasteiger partial charge in [-0.2, -0.15) is 5.26 Å². The van der Waals surface area contributed by atoms with Gasteiger partial charge in [0.05, 0.1) is 12.3 Å². The maximum absolute atomic E-state index is 9.49. The number of nitrogens with zero attached hydrogens (tertiary/aromatic N) is 2. The lowest BCUT2D eigenvalue weighted by Crippen LogP contribution is -2.51. The minimum Gasteiger partial charge on any atom is -0.440 e. The summed E-state index contributed by atoms with van der Waals surface area (Å²) in [4.78, 5) is 4.07. The quantitative estimate of drug-likeness (QED) is 0.787. The van der Waals surface area contributed by atoms with Gasteiger partial charge in [-0.05, 0) is 32.6 Å². The van der Waals surface area contributed by atoms with Gasteiger partial charge in [0.1, 0.15) is 11.8 Å². The van der Waals surface area contributed by atoms with E-state index in [1.54, 1.807) is 12.5 Å². The van der Waals surface area contributed by atoms with Crippen LogP contribution in [0.25, 0.3) is 0 Å². The summed E-state index contributed by atoms with van der Waals surface area (Å²) in [6.45, 7) is 4.15. The fourth-order valence-corrected chi connectivity index (χ4v) is 2.98. The van der Waals surface area contributed by atoms with E-state index in [1.165, 1.54) is 11.8 Å². The van der Waals surface area contributed by atoms with E-state index < -0.39 is 5.54 Å². The maximum Gasteiger partial charge on any atom is 0.255 e. The van der Waals surface area contributed by atoms with Gasteiger partial charge in [-0.25, -0.2) is 4.98 Å². The van der Waals surface area contributed by atoms with Crippen molar-refractivity contribution in [3.63, 3.8) is 0 Å².